The minimum Gasteiger partial charge on any atom is -0.390 e. The number of rotatable bonds is 4. The van der Waals surface area contributed by atoms with E-state index in [0.717, 1.165) is 19.3 Å². The van der Waals surface area contributed by atoms with Gasteiger partial charge >= 0.3 is 0 Å². The molecule has 0 saturated heterocycles. The van der Waals surface area contributed by atoms with Crippen molar-refractivity contribution in [2.45, 2.75) is 38.2 Å². The molecule has 0 amide bonds. The van der Waals surface area contributed by atoms with E-state index in [1.807, 2.05) is 6.08 Å². The van der Waals surface area contributed by atoms with Crippen LogP contribution in [0.3, 0.4) is 0 Å². The molecule has 0 unspecified atom stereocenters. The first-order chi connectivity index (χ1) is 6.52. The molecule has 0 aliphatic heterocycles. The SMILES string of the molecule is C=C(F)/N=C(C)\C=C/CC1(O)CCC1. The lowest BCUT2D eigenvalue weighted by Crippen LogP contribution is -2.35. The molecule has 0 heterocycles. The van der Waals surface area contributed by atoms with E-state index in [0.29, 0.717) is 12.1 Å². The zero-order valence-electron chi connectivity index (χ0n) is 8.46. The van der Waals surface area contributed by atoms with Crippen LogP contribution in [0, 0.1) is 0 Å². The fourth-order valence-corrected chi connectivity index (χ4v) is 1.47. The molecule has 14 heavy (non-hydrogen) atoms. The Kier molecular flexibility index (Phi) is 3.58. The quantitative estimate of drug-likeness (QED) is 0.545. The third-order valence-electron chi connectivity index (χ3n) is 2.44. The van der Waals surface area contributed by atoms with Crippen LogP contribution in [-0.2, 0) is 0 Å². The molecule has 0 radical (unpaired) electrons. The summed E-state index contributed by atoms with van der Waals surface area (Å²) < 4.78 is 12.2. The van der Waals surface area contributed by atoms with Crippen molar-refractivity contribution in [3.63, 3.8) is 0 Å². The predicted molar refractivity (Wildman–Crippen MR) is 55.9 cm³/mol. The van der Waals surface area contributed by atoms with Gasteiger partial charge in [-0.3, -0.25) is 0 Å². The fourth-order valence-electron chi connectivity index (χ4n) is 1.47. The summed E-state index contributed by atoms with van der Waals surface area (Å²) >= 11 is 0. The fraction of sp³-hybridized carbons (Fsp3) is 0.545. The molecule has 1 N–H and O–H groups in total. The van der Waals surface area contributed by atoms with Gasteiger partial charge in [0.2, 0.25) is 5.95 Å². The molecule has 0 bridgehead atoms. The molecule has 3 heteroatoms. The Morgan fingerprint density at radius 2 is 2.29 bits per heavy atom. The van der Waals surface area contributed by atoms with Gasteiger partial charge in [-0.1, -0.05) is 6.08 Å². The molecule has 0 atom stereocenters. The Hall–Kier alpha value is -0.960. The van der Waals surface area contributed by atoms with Crippen molar-refractivity contribution in [3.8, 4) is 0 Å². The van der Waals surface area contributed by atoms with E-state index < -0.39 is 11.6 Å². The number of aliphatic hydroxyl groups is 1. The molecule has 1 aliphatic carbocycles. The topological polar surface area (TPSA) is 32.6 Å². The third-order valence-corrected chi connectivity index (χ3v) is 2.44. The summed E-state index contributed by atoms with van der Waals surface area (Å²) in [5, 5.41) is 9.72. The van der Waals surface area contributed by atoms with Gasteiger partial charge in [-0.15, -0.1) is 0 Å². The molecule has 1 aliphatic rings. The van der Waals surface area contributed by atoms with E-state index in [9.17, 15) is 9.50 Å². The second-order valence-corrected chi connectivity index (χ2v) is 3.81. The van der Waals surface area contributed by atoms with Gasteiger partial charge in [-0.25, -0.2) is 4.99 Å². The molecular formula is C11H16FNO. The van der Waals surface area contributed by atoms with Gasteiger partial charge in [0.05, 0.1) is 5.60 Å². The maximum Gasteiger partial charge on any atom is 0.205 e. The highest BCUT2D eigenvalue weighted by Gasteiger charge is 2.32. The van der Waals surface area contributed by atoms with Gasteiger partial charge in [0.25, 0.3) is 0 Å². The van der Waals surface area contributed by atoms with E-state index >= 15 is 0 Å². The highest BCUT2D eigenvalue weighted by atomic mass is 19.1. The highest BCUT2D eigenvalue weighted by molar-refractivity contribution is 5.93. The third kappa shape index (κ3) is 3.42. The van der Waals surface area contributed by atoms with Crippen LogP contribution in [0.25, 0.3) is 0 Å². The second-order valence-electron chi connectivity index (χ2n) is 3.81. The molecule has 0 aromatic rings. The number of aliphatic imine (C=N–C) groups is 1. The lowest BCUT2D eigenvalue weighted by Gasteiger charge is -2.35. The lowest BCUT2D eigenvalue weighted by atomic mass is 9.78. The Labute approximate surface area is 83.9 Å². The van der Waals surface area contributed by atoms with Crippen molar-refractivity contribution in [2.24, 2.45) is 4.99 Å². The Balaban J connectivity index is 2.36. The summed E-state index contributed by atoms with van der Waals surface area (Å²) in [5.74, 6) is -0.686. The first-order valence-corrected chi connectivity index (χ1v) is 4.80. The monoisotopic (exact) mass is 197 g/mol. The predicted octanol–water partition coefficient (Wildman–Crippen LogP) is 2.75. The van der Waals surface area contributed by atoms with Crippen molar-refractivity contribution in [2.75, 3.05) is 0 Å². The van der Waals surface area contributed by atoms with Crippen molar-refractivity contribution in [1.82, 2.24) is 0 Å². The van der Waals surface area contributed by atoms with Crippen molar-refractivity contribution in [1.29, 1.82) is 0 Å². The van der Waals surface area contributed by atoms with Crippen LogP contribution in [0.1, 0.15) is 32.6 Å². The van der Waals surface area contributed by atoms with E-state index in [1.165, 1.54) is 0 Å². The van der Waals surface area contributed by atoms with E-state index in [1.54, 1.807) is 13.0 Å². The number of nitrogens with zero attached hydrogens (tertiary/aromatic N) is 1. The van der Waals surface area contributed by atoms with Crippen LogP contribution >= 0.6 is 0 Å². The molecule has 0 aromatic heterocycles. The number of hydrogen-bond acceptors (Lipinski definition) is 2. The lowest BCUT2D eigenvalue weighted by molar-refractivity contribution is -0.0299. The summed E-state index contributed by atoms with van der Waals surface area (Å²) in [6, 6.07) is 0. The van der Waals surface area contributed by atoms with Gasteiger partial charge in [0.15, 0.2) is 0 Å². The number of allylic oxidation sites excluding steroid dienone is 1. The Morgan fingerprint density at radius 1 is 1.64 bits per heavy atom. The molecule has 78 valence electrons. The standard InChI is InChI=1S/C11H16FNO/c1-9(13-10(2)12)5-3-6-11(14)7-4-8-11/h3,5,14H,2,4,6-8H2,1H3/b5-3-,13-9-. The van der Waals surface area contributed by atoms with Gasteiger partial charge < -0.3 is 5.11 Å². The van der Waals surface area contributed by atoms with Crippen LogP contribution < -0.4 is 0 Å². The summed E-state index contributed by atoms with van der Waals surface area (Å²) in [7, 11) is 0. The second kappa shape index (κ2) is 4.51. The summed E-state index contributed by atoms with van der Waals surface area (Å²) in [6.45, 7) is 4.74. The van der Waals surface area contributed by atoms with Crippen LogP contribution in [0.4, 0.5) is 4.39 Å². The molecular weight excluding hydrogens is 181 g/mol. The highest BCUT2D eigenvalue weighted by Crippen LogP contribution is 2.34. The molecule has 0 spiro atoms. The number of hydrogen-bond donors (Lipinski definition) is 1. The van der Waals surface area contributed by atoms with Crippen molar-refractivity contribution >= 4 is 5.71 Å². The smallest absolute Gasteiger partial charge is 0.205 e. The average Bonchev–Trinajstić information content (AvgIpc) is 1.99. The molecule has 0 aromatic carbocycles. The van der Waals surface area contributed by atoms with Gasteiger partial charge in [-0.2, -0.15) is 4.39 Å². The first kappa shape index (κ1) is 11.1. The van der Waals surface area contributed by atoms with Crippen LogP contribution in [-0.4, -0.2) is 16.4 Å². The summed E-state index contributed by atoms with van der Waals surface area (Å²) in [4.78, 5) is 3.53. The Morgan fingerprint density at radius 3 is 2.71 bits per heavy atom. The van der Waals surface area contributed by atoms with Gasteiger partial charge in [0, 0.05) is 5.71 Å². The van der Waals surface area contributed by atoms with Crippen molar-refractivity contribution < 1.29 is 9.50 Å². The molecule has 1 rings (SSSR count). The minimum atomic E-state index is -0.686. The van der Waals surface area contributed by atoms with Crippen LogP contribution in [0.5, 0.6) is 0 Å². The van der Waals surface area contributed by atoms with Gasteiger partial charge in [-0.05, 0) is 45.3 Å². The van der Waals surface area contributed by atoms with Gasteiger partial charge in [0.1, 0.15) is 0 Å². The Bertz CT molecular complexity index is 277. The van der Waals surface area contributed by atoms with Crippen molar-refractivity contribution in [3.05, 3.63) is 24.7 Å². The minimum absolute atomic E-state index is 0.510. The van der Waals surface area contributed by atoms with E-state index in [4.69, 9.17) is 0 Å². The first-order valence-electron chi connectivity index (χ1n) is 4.80. The molecule has 1 fully saturated rings. The largest absolute Gasteiger partial charge is 0.390 e. The van der Waals surface area contributed by atoms with Crippen LogP contribution in [0.2, 0.25) is 0 Å². The maximum absolute atomic E-state index is 12.2. The van der Waals surface area contributed by atoms with E-state index in [2.05, 4.69) is 11.6 Å². The van der Waals surface area contributed by atoms with E-state index in [-0.39, 0.29) is 0 Å². The molecule has 2 nitrogen and oxygen atoms in total. The average molecular weight is 197 g/mol. The number of halogens is 1. The summed E-state index contributed by atoms with van der Waals surface area (Å²) in [6.07, 6.45) is 6.99. The normalized spacial score (nSPS) is 20.9. The summed E-state index contributed by atoms with van der Waals surface area (Å²) in [5.41, 5.74) is 0.0594. The zero-order chi connectivity index (χ0) is 10.6. The van der Waals surface area contributed by atoms with Crippen LogP contribution in [0.15, 0.2) is 29.7 Å². The molecule has 1 saturated carbocycles. The zero-order valence-corrected chi connectivity index (χ0v) is 8.46. The maximum atomic E-state index is 12.2.